The topological polar surface area (TPSA) is 30.2 Å². The first-order chi connectivity index (χ1) is 6.31. The molecule has 3 heteroatoms. The highest BCUT2D eigenvalue weighted by atomic mass is 32.1. The molecule has 0 radical (unpaired) electrons. The molecule has 2 nitrogen and oxygen atoms in total. The molecular formula is C10H8O2S. The summed E-state index contributed by atoms with van der Waals surface area (Å²) >= 11 is 1.62. The third kappa shape index (κ3) is 1.42. The first-order valence-corrected chi connectivity index (χ1v) is 4.78. The second-order valence-corrected chi connectivity index (χ2v) is 3.67. The standard InChI is InChI=1S/C10H8O2S/c1-7-4-5-13-10(7)9-3-2-8(6-11)12-9/h2-6H,1H3. The fourth-order valence-corrected chi connectivity index (χ4v) is 2.05. The molecule has 0 aromatic carbocycles. The summed E-state index contributed by atoms with van der Waals surface area (Å²) in [6.45, 7) is 2.02. The summed E-state index contributed by atoms with van der Waals surface area (Å²) in [5, 5.41) is 2.01. The second kappa shape index (κ2) is 3.18. The zero-order valence-corrected chi connectivity index (χ0v) is 7.93. The van der Waals surface area contributed by atoms with Gasteiger partial charge in [0.1, 0.15) is 5.76 Å². The molecule has 0 N–H and O–H groups in total. The van der Waals surface area contributed by atoms with E-state index in [1.807, 2.05) is 24.4 Å². The molecule has 66 valence electrons. The van der Waals surface area contributed by atoms with Crippen molar-refractivity contribution in [3.8, 4) is 10.6 Å². The third-order valence-electron chi connectivity index (χ3n) is 1.83. The lowest BCUT2D eigenvalue weighted by molar-refractivity contribution is 0.110. The Morgan fingerprint density at radius 3 is 2.77 bits per heavy atom. The van der Waals surface area contributed by atoms with Gasteiger partial charge in [-0.05, 0) is 36.1 Å². The third-order valence-corrected chi connectivity index (χ3v) is 2.86. The van der Waals surface area contributed by atoms with Crippen molar-refractivity contribution in [2.24, 2.45) is 0 Å². The van der Waals surface area contributed by atoms with Crippen molar-refractivity contribution in [2.75, 3.05) is 0 Å². The van der Waals surface area contributed by atoms with Gasteiger partial charge in [-0.1, -0.05) is 0 Å². The quantitative estimate of drug-likeness (QED) is 0.684. The number of thiophene rings is 1. The molecule has 2 aromatic heterocycles. The summed E-state index contributed by atoms with van der Waals surface area (Å²) in [4.78, 5) is 11.5. The molecule has 0 amide bonds. The Balaban J connectivity index is 2.46. The van der Waals surface area contributed by atoms with Crippen LogP contribution in [0.15, 0.2) is 28.0 Å². The van der Waals surface area contributed by atoms with Crippen molar-refractivity contribution in [2.45, 2.75) is 6.92 Å². The van der Waals surface area contributed by atoms with Crippen molar-refractivity contribution in [1.29, 1.82) is 0 Å². The largest absolute Gasteiger partial charge is 0.452 e. The van der Waals surface area contributed by atoms with E-state index in [0.29, 0.717) is 12.0 Å². The van der Waals surface area contributed by atoms with Crippen molar-refractivity contribution in [3.63, 3.8) is 0 Å². The van der Waals surface area contributed by atoms with Crippen LogP contribution in [0.1, 0.15) is 16.1 Å². The summed E-state index contributed by atoms with van der Waals surface area (Å²) in [6.07, 6.45) is 0.715. The smallest absolute Gasteiger partial charge is 0.185 e. The minimum atomic E-state index is 0.378. The van der Waals surface area contributed by atoms with Crippen LogP contribution in [0.3, 0.4) is 0 Å². The van der Waals surface area contributed by atoms with Crippen LogP contribution in [0.2, 0.25) is 0 Å². The fraction of sp³-hybridized carbons (Fsp3) is 0.100. The monoisotopic (exact) mass is 192 g/mol. The molecule has 0 aliphatic heterocycles. The van der Waals surface area contributed by atoms with Gasteiger partial charge in [-0.25, -0.2) is 0 Å². The number of aldehydes is 1. The van der Waals surface area contributed by atoms with Crippen LogP contribution in [-0.2, 0) is 0 Å². The molecule has 2 heterocycles. The molecule has 0 spiro atoms. The van der Waals surface area contributed by atoms with Gasteiger partial charge >= 0.3 is 0 Å². The fourth-order valence-electron chi connectivity index (χ4n) is 1.16. The van der Waals surface area contributed by atoms with Crippen molar-refractivity contribution >= 4 is 17.6 Å². The van der Waals surface area contributed by atoms with Crippen LogP contribution in [0, 0.1) is 6.92 Å². The van der Waals surface area contributed by atoms with E-state index in [1.165, 1.54) is 5.56 Å². The Kier molecular flexibility index (Phi) is 2.02. The lowest BCUT2D eigenvalue weighted by atomic mass is 10.2. The van der Waals surface area contributed by atoms with Gasteiger partial charge in [-0.15, -0.1) is 11.3 Å². The van der Waals surface area contributed by atoms with Crippen molar-refractivity contribution < 1.29 is 9.21 Å². The van der Waals surface area contributed by atoms with Gasteiger partial charge in [-0.3, -0.25) is 4.79 Å². The Hall–Kier alpha value is -1.35. The van der Waals surface area contributed by atoms with Gasteiger partial charge in [0.05, 0.1) is 4.88 Å². The minimum absolute atomic E-state index is 0.378. The van der Waals surface area contributed by atoms with Gasteiger partial charge in [-0.2, -0.15) is 0 Å². The average molecular weight is 192 g/mol. The molecule has 2 aromatic rings. The zero-order valence-electron chi connectivity index (χ0n) is 7.11. The van der Waals surface area contributed by atoms with Gasteiger partial charge in [0.2, 0.25) is 0 Å². The second-order valence-electron chi connectivity index (χ2n) is 2.75. The number of hydrogen-bond acceptors (Lipinski definition) is 3. The van der Waals surface area contributed by atoms with Crippen LogP contribution in [0.25, 0.3) is 10.6 Å². The molecule has 0 aliphatic carbocycles. The lowest BCUT2D eigenvalue weighted by Gasteiger charge is -1.92. The average Bonchev–Trinajstić information content (AvgIpc) is 2.71. The van der Waals surface area contributed by atoms with Crippen LogP contribution < -0.4 is 0 Å². The molecule has 2 rings (SSSR count). The number of rotatable bonds is 2. The molecule has 0 unspecified atom stereocenters. The first-order valence-electron chi connectivity index (χ1n) is 3.91. The molecule has 0 aliphatic rings. The molecule has 0 atom stereocenters. The minimum Gasteiger partial charge on any atom is -0.452 e. The van der Waals surface area contributed by atoms with Gasteiger partial charge in [0, 0.05) is 0 Å². The number of hydrogen-bond donors (Lipinski definition) is 0. The van der Waals surface area contributed by atoms with E-state index in [-0.39, 0.29) is 0 Å². The van der Waals surface area contributed by atoms with Crippen LogP contribution in [0.5, 0.6) is 0 Å². The first kappa shape index (κ1) is 8.26. The molecule has 0 saturated heterocycles. The molecule has 0 fully saturated rings. The Morgan fingerprint density at radius 1 is 1.38 bits per heavy atom. The van der Waals surface area contributed by atoms with Gasteiger partial charge < -0.3 is 4.42 Å². The van der Waals surface area contributed by atoms with E-state index in [4.69, 9.17) is 4.42 Å². The van der Waals surface area contributed by atoms with E-state index in [1.54, 1.807) is 17.4 Å². The molecule has 13 heavy (non-hydrogen) atoms. The van der Waals surface area contributed by atoms with E-state index in [9.17, 15) is 4.79 Å². The molecule has 0 bridgehead atoms. The molecular weight excluding hydrogens is 184 g/mol. The number of furan rings is 1. The highest BCUT2D eigenvalue weighted by Crippen LogP contribution is 2.29. The molecule has 0 saturated carbocycles. The van der Waals surface area contributed by atoms with Gasteiger partial charge in [0.25, 0.3) is 0 Å². The highest BCUT2D eigenvalue weighted by Gasteiger charge is 2.07. The van der Waals surface area contributed by atoms with Crippen LogP contribution >= 0.6 is 11.3 Å². The summed E-state index contributed by atoms with van der Waals surface area (Å²) in [5.41, 5.74) is 1.18. The maximum atomic E-state index is 10.4. The van der Waals surface area contributed by atoms with Crippen LogP contribution in [-0.4, -0.2) is 6.29 Å². The van der Waals surface area contributed by atoms with E-state index in [2.05, 4.69) is 0 Å². The highest BCUT2D eigenvalue weighted by molar-refractivity contribution is 7.13. The number of aryl methyl sites for hydroxylation is 1. The predicted molar refractivity (Wildman–Crippen MR) is 52.1 cm³/mol. The van der Waals surface area contributed by atoms with Crippen molar-refractivity contribution in [1.82, 2.24) is 0 Å². The summed E-state index contributed by atoms with van der Waals surface area (Å²) in [7, 11) is 0. The van der Waals surface area contributed by atoms with Gasteiger partial charge in [0.15, 0.2) is 12.0 Å². The summed E-state index contributed by atoms with van der Waals surface area (Å²) < 4.78 is 5.30. The Labute approximate surface area is 79.8 Å². The number of carbonyl (C=O) groups excluding carboxylic acids is 1. The van der Waals surface area contributed by atoms with Crippen LogP contribution in [0.4, 0.5) is 0 Å². The van der Waals surface area contributed by atoms with E-state index in [0.717, 1.165) is 10.6 Å². The normalized spacial score (nSPS) is 10.2. The summed E-state index contributed by atoms with van der Waals surface area (Å²) in [5.74, 6) is 1.15. The van der Waals surface area contributed by atoms with E-state index < -0.39 is 0 Å². The Morgan fingerprint density at radius 2 is 2.23 bits per heavy atom. The number of carbonyl (C=O) groups is 1. The SMILES string of the molecule is Cc1ccsc1-c1ccc(C=O)o1. The zero-order chi connectivity index (χ0) is 9.26. The summed E-state index contributed by atoms with van der Waals surface area (Å²) in [6, 6.07) is 5.53. The maximum Gasteiger partial charge on any atom is 0.185 e. The predicted octanol–water partition coefficient (Wildman–Crippen LogP) is 3.13. The Bertz CT molecular complexity index is 426. The maximum absolute atomic E-state index is 10.4. The van der Waals surface area contributed by atoms with Crippen molar-refractivity contribution in [3.05, 3.63) is 34.9 Å². The van der Waals surface area contributed by atoms with E-state index >= 15 is 0 Å². The lowest BCUT2D eigenvalue weighted by Crippen LogP contribution is -1.71.